The Balaban J connectivity index is 2.04. The van der Waals surface area contributed by atoms with Crippen LogP contribution in [0.5, 0.6) is 5.75 Å². The zero-order valence-corrected chi connectivity index (χ0v) is 12.8. The normalized spacial score (nSPS) is 16.2. The molecule has 1 saturated heterocycles. The molecule has 0 aliphatic carbocycles. The second kappa shape index (κ2) is 5.96. The molecule has 106 valence electrons. The summed E-state index contributed by atoms with van der Waals surface area (Å²) in [5.74, 6) is 1.88. The number of aryl methyl sites for hydroxylation is 1. The van der Waals surface area contributed by atoms with Crippen LogP contribution in [-0.2, 0) is 11.8 Å². The Morgan fingerprint density at radius 3 is 2.53 bits per heavy atom. The molecule has 0 spiro atoms. The van der Waals surface area contributed by atoms with E-state index in [1.54, 1.807) is 0 Å². The second-order valence-electron chi connectivity index (χ2n) is 6.60. The molecule has 1 aromatic carbocycles. The van der Waals surface area contributed by atoms with E-state index >= 15 is 0 Å². The lowest BCUT2D eigenvalue weighted by atomic mass is 9.85. The molecule has 0 bridgehead atoms. The lowest BCUT2D eigenvalue weighted by Crippen LogP contribution is -2.42. The molecular formula is C17H27NO. The minimum absolute atomic E-state index is 0.137. The number of nitrogens with one attached hydrogen (secondary N) is 1. The van der Waals surface area contributed by atoms with Crippen molar-refractivity contribution < 1.29 is 4.74 Å². The van der Waals surface area contributed by atoms with Crippen molar-refractivity contribution in [1.29, 1.82) is 0 Å². The third kappa shape index (κ3) is 3.73. The van der Waals surface area contributed by atoms with Crippen LogP contribution < -0.4 is 10.1 Å². The average molecular weight is 261 g/mol. The summed E-state index contributed by atoms with van der Waals surface area (Å²) < 4.78 is 6.04. The van der Waals surface area contributed by atoms with Crippen molar-refractivity contribution in [2.24, 2.45) is 5.92 Å². The Hall–Kier alpha value is -1.02. The van der Waals surface area contributed by atoms with E-state index in [0.29, 0.717) is 0 Å². The summed E-state index contributed by atoms with van der Waals surface area (Å²) in [6.07, 6.45) is 2.24. The zero-order valence-electron chi connectivity index (χ0n) is 12.8. The number of hydrogen-bond donors (Lipinski definition) is 1. The van der Waals surface area contributed by atoms with Crippen LogP contribution >= 0.6 is 0 Å². The Labute approximate surface area is 117 Å². The van der Waals surface area contributed by atoms with Gasteiger partial charge in [0.15, 0.2) is 0 Å². The van der Waals surface area contributed by atoms with Crippen molar-refractivity contribution in [1.82, 2.24) is 5.32 Å². The quantitative estimate of drug-likeness (QED) is 0.875. The van der Waals surface area contributed by atoms with E-state index in [1.165, 1.54) is 11.1 Å². The van der Waals surface area contributed by atoms with E-state index in [-0.39, 0.29) is 5.41 Å². The fourth-order valence-corrected chi connectivity index (χ4v) is 2.40. The van der Waals surface area contributed by atoms with Gasteiger partial charge in [0.1, 0.15) is 5.75 Å². The molecular weight excluding hydrogens is 234 g/mol. The molecule has 1 aliphatic rings. The third-order valence-corrected chi connectivity index (χ3v) is 3.91. The van der Waals surface area contributed by atoms with Crippen LogP contribution in [0.2, 0.25) is 0 Å². The van der Waals surface area contributed by atoms with E-state index in [9.17, 15) is 0 Å². The van der Waals surface area contributed by atoms with E-state index in [2.05, 4.69) is 51.2 Å². The first-order valence-corrected chi connectivity index (χ1v) is 7.47. The van der Waals surface area contributed by atoms with Gasteiger partial charge in [-0.1, -0.05) is 39.8 Å². The van der Waals surface area contributed by atoms with Crippen LogP contribution in [0.3, 0.4) is 0 Å². The Morgan fingerprint density at radius 1 is 1.26 bits per heavy atom. The van der Waals surface area contributed by atoms with Gasteiger partial charge >= 0.3 is 0 Å². The molecule has 1 aromatic rings. The van der Waals surface area contributed by atoms with Crippen molar-refractivity contribution in [3.05, 3.63) is 29.3 Å². The van der Waals surface area contributed by atoms with Gasteiger partial charge in [0.25, 0.3) is 0 Å². The highest BCUT2D eigenvalue weighted by molar-refractivity contribution is 5.41. The topological polar surface area (TPSA) is 21.3 Å². The lowest BCUT2D eigenvalue weighted by molar-refractivity contribution is 0.235. The SMILES string of the molecule is CCc1ccc(OCCC2CNC2)c(C(C)(C)C)c1. The molecule has 0 unspecified atom stereocenters. The first-order chi connectivity index (χ1) is 9.00. The summed E-state index contributed by atoms with van der Waals surface area (Å²) >= 11 is 0. The molecule has 0 atom stereocenters. The minimum atomic E-state index is 0.137. The standard InChI is InChI=1S/C17H27NO/c1-5-13-6-7-16(15(10-13)17(2,3)4)19-9-8-14-11-18-12-14/h6-7,10,14,18H,5,8-9,11-12H2,1-4H3. The summed E-state index contributed by atoms with van der Waals surface area (Å²) in [6, 6.07) is 6.65. The summed E-state index contributed by atoms with van der Waals surface area (Å²) in [7, 11) is 0. The highest BCUT2D eigenvalue weighted by Crippen LogP contribution is 2.32. The highest BCUT2D eigenvalue weighted by atomic mass is 16.5. The van der Waals surface area contributed by atoms with Gasteiger partial charge in [0.05, 0.1) is 6.61 Å². The maximum absolute atomic E-state index is 6.04. The largest absolute Gasteiger partial charge is 0.493 e. The molecule has 1 aliphatic heterocycles. The van der Waals surface area contributed by atoms with E-state index in [1.807, 2.05) is 0 Å². The molecule has 1 N–H and O–H groups in total. The van der Waals surface area contributed by atoms with Gasteiger partial charge in [-0.15, -0.1) is 0 Å². The van der Waals surface area contributed by atoms with Crippen molar-refractivity contribution in [2.45, 2.75) is 46.0 Å². The molecule has 0 aromatic heterocycles. The molecule has 19 heavy (non-hydrogen) atoms. The van der Waals surface area contributed by atoms with Crippen molar-refractivity contribution in [3.63, 3.8) is 0 Å². The van der Waals surface area contributed by atoms with Crippen LogP contribution in [0.1, 0.15) is 45.2 Å². The number of ether oxygens (including phenoxy) is 1. The molecule has 1 fully saturated rings. The summed E-state index contributed by atoms with van der Waals surface area (Å²) in [5, 5.41) is 3.31. The van der Waals surface area contributed by atoms with Gasteiger partial charge in [-0.25, -0.2) is 0 Å². The van der Waals surface area contributed by atoms with Crippen LogP contribution in [0, 0.1) is 5.92 Å². The first kappa shape index (κ1) is 14.4. The minimum Gasteiger partial charge on any atom is -0.493 e. The fraction of sp³-hybridized carbons (Fsp3) is 0.647. The zero-order chi connectivity index (χ0) is 13.9. The number of hydrogen-bond acceptors (Lipinski definition) is 2. The first-order valence-electron chi connectivity index (χ1n) is 7.47. The number of benzene rings is 1. The Kier molecular flexibility index (Phi) is 4.51. The van der Waals surface area contributed by atoms with Gasteiger partial charge < -0.3 is 10.1 Å². The van der Waals surface area contributed by atoms with Gasteiger partial charge in [0, 0.05) is 0 Å². The Morgan fingerprint density at radius 2 is 2.00 bits per heavy atom. The molecule has 2 nitrogen and oxygen atoms in total. The highest BCUT2D eigenvalue weighted by Gasteiger charge is 2.20. The van der Waals surface area contributed by atoms with Gasteiger partial charge in [-0.3, -0.25) is 0 Å². The summed E-state index contributed by atoms with van der Waals surface area (Å²) in [5.41, 5.74) is 2.86. The lowest BCUT2D eigenvalue weighted by Gasteiger charge is -2.28. The second-order valence-corrected chi connectivity index (χ2v) is 6.60. The van der Waals surface area contributed by atoms with Crippen molar-refractivity contribution in [2.75, 3.05) is 19.7 Å². The van der Waals surface area contributed by atoms with Crippen molar-refractivity contribution >= 4 is 0 Å². The molecule has 1 heterocycles. The summed E-state index contributed by atoms with van der Waals surface area (Å²) in [4.78, 5) is 0. The van der Waals surface area contributed by atoms with Crippen LogP contribution in [-0.4, -0.2) is 19.7 Å². The molecule has 2 heteroatoms. The molecule has 0 saturated carbocycles. The molecule has 0 amide bonds. The van der Waals surface area contributed by atoms with Gasteiger partial charge in [-0.2, -0.15) is 0 Å². The van der Waals surface area contributed by atoms with Gasteiger partial charge in [-0.05, 0) is 54.5 Å². The predicted molar refractivity (Wildman–Crippen MR) is 81.0 cm³/mol. The maximum Gasteiger partial charge on any atom is 0.123 e. The van der Waals surface area contributed by atoms with E-state index in [0.717, 1.165) is 44.2 Å². The average Bonchev–Trinajstić information content (AvgIpc) is 2.31. The smallest absolute Gasteiger partial charge is 0.123 e. The maximum atomic E-state index is 6.04. The van der Waals surface area contributed by atoms with Crippen molar-refractivity contribution in [3.8, 4) is 5.75 Å². The number of rotatable bonds is 5. The van der Waals surface area contributed by atoms with Gasteiger partial charge in [0.2, 0.25) is 0 Å². The summed E-state index contributed by atoms with van der Waals surface area (Å²) in [6.45, 7) is 12.1. The van der Waals surface area contributed by atoms with Crippen LogP contribution in [0.15, 0.2) is 18.2 Å². The predicted octanol–water partition coefficient (Wildman–Crippen LogP) is 3.53. The Bertz CT molecular complexity index is 416. The fourth-order valence-electron chi connectivity index (χ4n) is 2.40. The van der Waals surface area contributed by atoms with Crippen LogP contribution in [0.4, 0.5) is 0 Å². The van der Waals surface area contributed by atoms with E-state index in [4.69, 9.17) is 4.74 Å². The third-order valence-electron chi connectivity index (χ3n) is 3.91. The monoisotopic (exact) mass is 261 g/mol. The van der Waals surface area contributed by atoms with Crippen LogP contribution in [0.25, 0.3) is 0 Å². The molecule has 0 radical (unpaired) electrons. The molecule has 2 rings (SSSR count). The van der Waals surface area contributed by atoms with E-state index < -0.39 is 0 Å².